The Hall–Kier alpha value is -1.92. The SMILES string of the molecule is O=C(O)CCc1cccc(NC(=O)CC2(N3CCOCC3)CCCC2)c1. The van der Waals surface area contributed by atoms with Crippen molar-refractivity contribution in [1.82, 2.24) is 4.90 Å². The molecule has 0 aromatic heterocycles. The van der Waals surface area contributed by atoms with Crippen molar-refractivity contribution in [2.24, 2.45) is 0 Å². The molecule has 3 rings (SSSR count). The Bertz CT molecular complexity index is 634. The normalized spacial score (nSPS) is 20.0. The second-order valence-electron chi connectivity index (χ2n) is 7.35. The average Bonchev–Trinajstić information content (AvgIpc) is 3.10. The van der Waals surface area contributed by atoms with Gasteiger partial charge in [0.25, 0.3) is 0 Å². The first kappa shape index (κ1) is 18.9. The van der Waals surface area contributed by atoms with E-state index in [9.17, 15) is 9.59 Å². The fourth-order valence-corrected chi connectivity index (χ4v) is 4.24. The molecule has 1 amide bonds. The quantitative estimate of drug-likeness (QED) is 0.782. The first-order valence-corrected chi connectivity index (χ1v) is 9.51. The molecule has 0 spiro atoms. The summed E-state index contributed by atoms with van der Waals surface area (Å²) < 4.78 is 5.47. The molecule has 0 unspecified atom stereocenters. The molecule has 1 heterocycles. The standard InChI is InChI=1S/C20H28N2O4/c23-18(21-17-5-3-4-16(14-17)6-7-19(24)25)15-20(8-1-2-9-20)22-10-12-26-13-11-22/h3-5,14H,1-2,6-13,15H2,(H,21,23)(H,24,25). The highest BCUT2D eigenvalue weighted by atomic mass is 16.5. The van der Waals surface area contributed by atoms with Crippen LogP contribution >= 0.6 is 0 Å². The minimum Gasteiger partial charge on any atom is -0.481 e. The van der Waals surface area contributed by atoms with E-state index in [1.165, 1.54) is 12.8 Å². The van der Waals surface area contributed by atoms with Gasteiger partial charge in [-0.15, -0.1) is 0 Å². The lowest BCUT2D eigenvalue weighted by molar-refractivity contribution is -0.137. The molecule has 2 fully saturated rings. The van der Waals surface area contributed by atoms with Gasteiger partial charge in [-0.05, 0) is 37.0 Å². The van der Waals surface area contributed by atoms with Gasteiger partial charge in [0.05, 0.1) is 13.2 Å². The molecule has 6 nitrogen and oxygen atoms in total. The summed E-state index contributed by atoms with van der Waals surface area (Å²) in [7, 11) is 0. The largest absolute Gasteiger partial charge is 0.481 e. The number of morpholine rings is 1. The number of carbonyl (C=O) groups is 2. The Morgan fingerprint density at radius 1 is 1.19 bits per heavy atom. The second kappa shape index (κ2) is 8.64. The van der Waals surface area contributed by atoms with Crippen molar-refractivity contribution in [3.8, 4) is 0 Å². The van der Waals surface area contributed by atoms with Crippen molar-refractivity contribution in [2.75, 3.05) is 31.6 Å². The summed E-state index contributed by atoms with van der Waals surface area (Å²) in [4.78, 5) is 25.9. The predicted octanol–water partition coefficient (Wildman–Crippen LogP) is 2.68. The van der Waals surface area contributed by atoms with Crippen molar-refractivity contribution in [3.05, 3.63) is 29.8 Å². The highest BCUT2D eigenvalue weighted by Gasteiger charge is 2.41. The van der Waals surface area contributed by atoms with Gasteiger partial charge in [-0.1, -0.05) is 25.0 Å². The van der Waals surface area contributed by atoms with Crippen molar-refractivity contribution in [3.63, 3.8) is 0 Å². The predicted molar refractivity (Wildman–Crippen MR) is 99.2 cm³/mol. The Balaban J connectivity index is 1.62. The van der Waals surface area contributed by atoms with Gasteiger partial charge < -0.3 is 15.2 Å². The molecule has 0 bridgehead atoms. The first-order chi connectivity index (χ1) is 12.6. The topological polar surface area (TPSA) is 78.9 Å². The maximum atomic E-state index is 12.7. The molecule has 1 aliphatic heterocycles. The third kappa shape index (κ3) is 4.83. The molecule has 142 valence electrons. The summed E-state index contributed by atoms with van der Waals surface area (Å²) >= 11 is 0. The van der Waals surface area contributed by atoms with Gasteiger partial charge >= 0.3 is 5.97 Å². The van der Waals surface area contributed by atoms with Crippen LogP contribution < -0.4 is 5.32 Å². The molecule has 1 aromatic carbocycles. The molecule has 2 N–H and O–H groups in total. The summed E-state index contributed by atoms with van der Waals surface area (Å²) in [5.41, 5.74) is 1.64. The van der Waals surface area contributed by atoms with Crippen LogP contribution in [-0.4, -0.2) is 53.7 Å². The summed E-state index contributed by atoms with van der Waals surface area (Å²) in [5.74, 6) is -0.776. The number of amides is 1. The second-order valence-corrected chi connectivity index (χ2v) is 7.35. The zero-order chi connectivity index (χ0) is 18.4. The highest BCUT2D eigenvalue weighted by Crippen LogP contribution is 2.38. The lowest BCUT2D eigenvalue weighted by Crippen LogP contribution is -2.53. The Kier molecular flexibility index (Phi) is 6.27. The van der Waals surface area contributed by atoms with Gasteiger partial charge in [-0.3, -0.25) is 14.5 Å². The lowest BCUT2D eigenvalue weighted by Gasteiger charge is -2.43. The van der Waals surface area contributed by atoms with Crippen LogP contribution in [0.1, 0.15) is 44.1 Å². The van der Waals surface area contributed by atoms with E-state index in [2.05, 4.69) is 10.2 Å². The van der Waals surface area contributed by atoms with E-state index in [-0.39, 0.29) is 17.9 Å². The van der Waals surface area contributed by atoms with Gasteiger partial charge in [0, 0.05) is 37.2 Å². The number of anilines is 1. The molecular weight excluding hydrogens is 332 g/mol. The number of carbonyl (C=O) groups excluding carboxylic acids is 1. The van der Waals surface area contributed by atoms with Crippen LogP contribution in [0.25, 0.3) is 0 Å². The van der Waals surface area contributed by atoms with Crippen molar-refractivity contribution in [2.45, 2.75) is 50.5 Å². The summed E-state index contributed by atoms with van der Waals surface area (Å²) in [6, 6.07) is 7.49. The van der Waals surface area contributed by atoms with E-state index in [1.807, 2.05) is 24.3 Å². The number of hydrogen-bond acceptors (Lipinski definition) is 4. The minimum atomic E-state index is -0.812. The van der Waals surface area contributed by atoms with E-state index < -0.39 is 5.97 Å². The number of hydrogen-bond donors (Lipinski definition) is 2. The molecular formula is C20H28N2O4. The Labute approximate surface area is 154 Å². The number of aliphatic carboxylic acids is 1. The molecule has 26 heavy (non-hydrogen) atoms. The van der Waals surface area contributed by atoms with Gasteiger partial charge in [0.1, 0.15) is 0 Å². The molecule has 2 aliphatic rings. The van der Waals surface area contributed by atoms with Crippen LogP contribution in [0.4, 0.5) is 5.69 Å². The minimum absolute atomic E-state index is 0.0330. The first-order valence-electron chi connectivity index (χ1n) is 9.51. The van der Waals surface area contributed by atoms with Crippen LogP contribution in [0.3, 0.4) is 0 Å². The number of carboxylic acids is 1. The van der Waals surface area contributed by atoms with Crippen molar-refractivity contribution in [1.29, 1.82) is 0 Å². The van der Waals surface area contributed by atoms with Gasteiger partial charge in [0.15, 0.2) is 0 Å². The average molecular weight is 360 g/mol. The summed E-state index contributed by atoms with van der Waals surface area (Å²) in [5, 5.41) is 11.8. The third-order valence-corrected chi connectivity index (χ3v) is 5.54. The Morgan fingerprint density at radius 2 is 1.92 bits per heavy atom. The zero-order valence-electron chi connectivity index (χ0n) is 15.2. The smallest absolute Gasteiger partial charge is 0.303 e. The van der Waals surface area contributed by atoms with Crippen LogP contribution in [0.15, 0.2) is 24.3 Å². The van der Waals surface area contributed by atoms with E-state index in [1.54, 1.807) is 0 Å². The van der Waals surface area contributed by atoms with Crippen LogP contribution in [0, 0.1) is 0 Å². The van der Waals surface area contributed by atoms with Crippen LogP contribution in [0.5, 0.6) is 0 Å². The lowest BCUT2D eigenvalue weighted by atomic mass is 9.90. The molecule has 0 radical (unpaired) electrons. The molecule has 1 saturated heterocycles. The fraction of sp³-hybridized carbons (Fsp3) is 0.600. The number of nitrogens with zero attached hydrogens (tertiary/aromatic N) is 1. The number of carboxylic acid groups (broad SMARTS) is 1. The number of ether oxygens (including phenoxy) is 1. The molecule has 1 saturated carbocycles. The number of aryl methyl sites for hydroxylation is 1. The summed E-state index contributed by atoms with van der Waals surface area (Å²) in [6.07, 6.45) is 5.56. The van der Waals surface area contributed by atoms with Crippen LogP contribution in [0.2, 0.25) is 0 Å². The van der Waals surface area contributed by atoms with Crippen molar-refractivity contribution >= 4 is 17.6 Å². The number of nitrogens with one attached hydrogen (secondary N) is 1. The maximum absolute atomic E-state index is 12.7. The molecule has 1 aliphatic carbocycles. The summed E-state index contributed by atoms with van der Waals surface area (Å²) in [6.45, 7) is 3.29. The zero-order valence-corrected chi connectivity index (χ0v) is 15.2. The van der Waals surface area contributed by atoms with Crippen molar-refractivity contribution < 1.29 is 19.4 Å². The van der Waals surface area contributed by atoms with E-state index in [0.29, 0.717) is 12.8 Å². The van der Waals surface area contributed by atoms with E-state index in [4.69, 9.17) is 9.84 Å². The number of rotatable bonds is 7. The van der Waals surface area contributed by atoms with Gasteiger partial charge in [-0.2, -0.15) is 0 Å². The monoisotopic (exact) mass is 360 g/mol. The highest BCUT2D eigenvalue weighted by molar-refractivity contribution is 5.91. The number of benzene rings is 1. The van der Waals surface area contributed by atoms with E-state index >= 15 is 0 Å². The van der Waals surface area contributed by atoms with Crippen LogP contribution in [-0.2, 0) is 20.7 Å². The van der Waals surface area contributed by atoms with Gasteiger partial charge in [0.2, 0.25) is 5.91 Å². The fourth-order valence-electron chi connectivity index (χ4n) is 4.24. The van der Waals surface area contributed by atoms with Gasteiger partial charge in [-0.25, -0.2) is 0 Å². The molecule has 0 atom stereocenters. The Morgan fingerprint density at radius 3 is 2.62 bits per heavy atom. The van der Waals surface area contributed by atoms with E-state index in [0.717, 1.165) is 50.4 Å². The molecule has 1 aromatic rings. The third-order valence-electron chi connectivity index (χ3n) is 5.54. The molecule has 6 heteroatoms. The maximum Gasteiger partial charge on any atom is 0.303 e.